The molecule has 0 aromatic carbocycles. The van der Waals surface area contributed by atoms with Gasteiger partial charge in [-0.3, -0.25) is 4.79 Å². The van der Waals surface area contributed by atoms with Crippen LogP contribution in [0.25, 0.3) is 0 Å². The van der Waals surface area contributed by atoms with Gasteiger partial charge in [0.25, 0.3) is 0 Å². The van der Waals surface area contributed by atoms with Crippen LogP contribution in [0.1, 0.15) is 44.2 Å². The molecular formula is C14H23N3O. The average Bonchev–Trinajstić information content (AvgIpc) is 2.87. The zero-order chi connectivity index (χ0) is 13.2. The number of hydrogen-bond acceptors (Lipinski definition) is 3. The Kier molecular flexibility index (Phi) is 3.85. The van der Waals surface area contributed by atoms with Crippen molar-refractivity contribution in [2.24, 2.45) is 11.3 Å². The van der Waals surface area contributed by atoms with E-state index in [0.29, 0.717) is 11.7 Å². The summed E-state index contributed by atoms with van der Waals surface area (Å²) in [5.74, 6) is 1.18. The Morgan fingerprint density at radius 3 is 3.00 bits per heavy atom. The fourth-order valence-electron chi connectivity index (χ4n) is 2.71. The van der Waals surface area contributed by atoms with Crippen molar-refractivity contribution >= 4 is 5.78 Å². The molecule has 4 nitrogen and oxygen atoms in total. The van der Waals surface area contributed by atoms with Crippen LogP contribution in [0.2, 0.25) is 0 Å². The van der Waals surface area contributed by atoms with Gasteiger partial charge in [-0.1, -0.05) is 13.8 Å². The van der Waals surface area contributed by atoms with Crippen LogP contribution in [0.15, 0.2) is 12.4 Å². The van der Waals surface area contributed by atoms with Gasteiger partial charge in [0.1, 0.15) is 0 Å². The van der Waals surface area contributed by atoms with Crippen LogP contribution >= 0.6 is 0 Å². The van der Waals surface area contributed by atoms with Gasteiger partial charge in [-0.25, -0.2) is 4.98 Å². The standard InChI is InChI=1S/C14H23N3O/c1-4-17-9-8-16-13(17)12(18)14(2,3)11-6-5-7-15-10-11/h8-9,11,15H,4-7,10H2,1-3H3. The van der Waals surface area contributed by atoms with E-state index in [-0.39, 0.29) is 11.2 Å². The summed E-state index contributed by atoms with van der Waals surface area (Å²) in [6.45, 7) is 8.95. The van der Waals surface area contributed by atoms with Gasteiger partial charge < -0.3 is 9.88 Å². The number of piperidine rings is 1. The number of ketones is 1. The summed E-state index contributed by atoms with van der Waals surface area (Å²) in [6, 6.07) is 0. The molecule has 1 fully saturated rings. The maximum Gasteiger partial charge on any atom is 0.204 e. The van der Waals surface area contributed by atoms with E-state index in [9.17, 15) is 4.79 Å². The molecule has 1 aliphatic heterocycles. The normalized spacial score (nSPS) is 20.9. The lowest BCUT2D eigenvalue weighted by atomic mass is 9.72. The number of carbonyl (C=O) groups excluding carboxylic acids is 1. The molecule has 4 heteroatoms. The van der Waals surface area contributed by atoms with Crippen LogP contribution in [-0.2, 0) is 6.54 Å². The Labute approximate surface area is 109 Å². The van der Waals surface area contributed by atoms with Crippen molar-refractivity contribution in [2.75, 3.05) is 13.1 Å². The molecule has 1 aromatic heterocycles. The fraction of sp³-hybridized carbons (Fsp3) is 0.714. The van der Waals surface area contributed by atoms with Gasteiger partial charge in [0.2, 0.25) is 5.78 Å². The molecule has 0 aliphatic carbocycles. The molecule has 18 heavy (non-hydrogen) atoms. The number of aromatic nitrogens is 2. The molecule has 0 bridgehead atoms. The second-order valence-electron chi connectivity index (χ2n) is 5.63. The number of imidazole rings is 1. The quantitative estimate of drug-likeness (QED) is 0.831. The lowest BCUT2D eigenvalue weighted by Gasteiger charge is -2.35. The number of nitrogens with zero attached hydrogens (tertiary/aromatic N) is 2. The molecule has 100 valence electrons. The van der Waals surface area contributed by atoms with E-state index in [1.807, 2.05) is 17.7 Å². The van der Waals surface area contributed by atoms with Crippen molar-refractivity contribution in [3.8, 4) is 0 Å². The number of carbonyl (C=O) groups is 1. The molecule has 1 saturated heterocycles. The Balaban J connectivity index is 2.20. The third-order valence-electron chi connectivity index (χ3n) is 4.16. The number of Topliss-reactive ketones (excluding diaryl/α,β-unsaturated/α-hetero) is 1. The average molecular weight is 249 g/mol. The first-order valence-corrected chi connectivity index (χ1v) is 6.84. The monoisotopic (exact) mass is 249 g/mol. The molecule has 2 rings (SSSR count). The third kappa shape index (κ3) is 2.34. The molecule has 1 aliphatic rings. The highest BCUT2D eigenvalue weighted by Gasteiger charge is 2.39. The van der Waals surface area contributed by atoms with Gasteiger partial charge in [0.15, 0.2) is 5.82 Å². The first kappa shape index (κ1) is 13.3. The lowest BCUT2D eigenvalue weighted by molar-refractivity contribution is 0.0692. The van der Waals surface area contributed by atoms with Crippen LogP contribution in [-0.4, -0.2) is 28.4 Å². The van der Waals surface area contributed by atoms with E-state index in [1.54, 1.807) is 6.20 Å². The summed E-state index contributed by atoms with van der Waals surface area (Å²) in [5.41, 5.74) is -0.342. The molecule has 1 aromatic rings. The highest BCUT2D eigenvalue weighted by molar-refractivity contribution is 5.97. The zero-order valence-corrected chi connectivity index (χ0v) is 11.6. The van der Waals surface area contributed by atoms with Crippen LogP contribution in [0.5, 0.6) is 0 Å². The Morgan fingerprint density at radius 1 is 1.61 bits per heavy atom. The Hall–Kier alpha value is -1.16. The Bertz CT molecular complexity index is 416. The molecule has 0 amide bonds. The van der Waals surface area contributed by atoms with E-state index < -0.39 is 0 Å². The van der Waals surface area contributed by atoms with E-state index in [2.05, 4.69) is 24.1 Å². The molecule has 0 radical (unpaired) electrons. The highest BCUT2D eigenvalue weighted by atomic mass is 16.1. The smallest absolute Gasteiger partial charge is 0.204 e. The summed E-state index contributed by atoms with van der Waals surface area (Å²) in [4.78, 5) is 16.9. The van der Waals surface area contributed by atoms with E-state index in [4.69, 9.17) is 0 Å². The van der Waals surface area contributed by atoms with Crippen molar-refractivity contribution in [1.29, 1.82) is 0 Å². The lowest BCUT2D eigenvalue weighted by Crippen LogP contribution is -2.43. The maximum atomic E-state index is 12.7. The van der Waals surface area contributed by atoms with Gasteiger partial charge >= 0.3 is 0 Å². The zero-order valence-electron chi connectivity index (χ0n) is 11.6. The first-order chi connectivity index (χ1) is 8.57. The van der Waals surface area contributed by atoms with Gasteiger partial charge in [0.05, 0.1) is 0 Å². The minimum atomic E-state index is -0.342. The van der Waals surface area contributed by atoms with Gasteiger partial charge in [-0.15, -0.1) is 0 Å². The fourth-order valence-corrected chi connectivity index (χ4v) is 2.71. The maximum absolute atomic E-state index is 12.7. The van der Waals surface area contributed by atoms with Crippen LogP contribution in [0.4, 0.5) is 0 Å². The second kappa shape index (κ2) is 5.22. The van der Waals surface area contributed by atoms with Crippen molar-refractivity contribution in [3.05, 3.63) is 18.2 Å². The number of aryl methyl sites for hydroxylation is 1. The summed E-state index contributed by atoms with van der Waals surface area (Å²) in [7, 11) is 0. The van der Waals surface area contributed by atoms with Gasteiger partial charge in [0, 0.05) is 24.4 Å². The van der Waals surface area contributed by atoms with Gasteiger partial charge in [-0.2, -0.15) is 0 Å². The van der Waals surface area contributed by atoms with Crippen LogP contribution < -0.4 is 5.32 Å². The van der Waals surface area contributed by atoms with Crippen molar-refractivity contribution in [2.45, 2.75) is 40.2 Å². The minimum absolute atomic E-state index is 0.169. The molecule has 2 heterocycles. The number of nitrogens with one attached hydrogen (secondary N) is 1. The molecular weight excluding hydrogens is 226 g/mol. The number of hydrogen-bond donors (Lipinski definition) is 1. The Morgan fingerprint density at radius 2 is 2.39 bits per heavy atom. The predicted molar refractivity (Wildman–Crippen MR) is 71.6 cm³/mol. The van der Waals surface area contributed by atoms with Gasteiger partial charge in [-0.05, 0) is 38.8 Å². The van der Waals surface area contributed by atoms with Crippen LogP contribution in [0.3, 0.4) is 0 Å². The van der Waals surface area contributed by atoms with Crippen molar-refractivity contribution in [1.82, 2.24) is 14.9 Å². The van der Waals surface area contributed by atoms with Crippen molar-refractivity contribution < 1.29 is 4.79 Å². The second-order valence-corrected chi connectivity index (χ2v) is 5.63. The highest BCUT2D eigenvalue weighted by Crippen LogP contribution is 2.34. The SMILES string of the molecule is CCn1ccnc1C(=O)C(C)(C)C1CCCNC1. The number of rotatable bonds is 4. The summed E-state index contributed by atoms with van der Waals surface area (Å²) in [5, 5.41) is 3.39. The van der Waals surface area contributed by atoms with Crippen molar-refractivity contribution in [3.63, 3.8) is 0 Å². The molecule has 1 unspecified atom stereocenters. The largest absolute Gasteiger partial charge is 0.329 e. The minimum Gasteiger partial charge on any atom is -0.329 e. The molecule has 0 saturated carbocycles. The summed E-state index contributed by atoms with van der Waals surface area (Å²) in [6.07, 6.45) is 5.87. The molecule has 1 N–H and O–H groups in total. The van der Waals surface area contributed by atoms with Crippen LogP contribution in [0, 0.1) is 11.3 Å². The molecule has 1 atom stereocenters. The summed E-state index contributed by atoms with van der Waals surface area (Å²) < 4.78 is 1.93. The first-order valence-electron chi connectivity index (χ1n) is 6.84. The van der Waals surface area contributed by atoms with E-state index in [0.717, 1.165) is 32.5 Å². The van der Waals surface area contributed by atoms with E-state index in [1.165, 1.54) is 0 Å². The summed E-state index contributed by atoms with van der Waals surface area (Å²) >= 11 is 0. The predicted octanol–water partition coefficient (Wildman–Crippen LogP) is 2.11. The third-order valence-corrected chi connectivity index (χ3v) is 4.16. The van der Waals surface area contributed by atoms with E-state index >= 15 is 0 Å². The molecule has 0 spiro atoms. The topological polar surface area (TPSA) is 46.9 Å².